The fourth-order valence-electron chi connectivity index (χ4n) is 6.17. The molecule has 4 saturated carbocycles. The normalized spacial score (nSPS) is 33.8. The van der Waals surface area contributed by atoms with Crippen LogP contribution in [-0.4, -0.2) is 21.9 Å². The number of benzene rings is 1. The second kappa shape index (κ2) is 5.08. The van der Waals surface area contributed by atoms with Crippen molar-refractivity contribution in [2.45, 2.75) is 43.9 Å². The highest BCUT2D eigenvalue weighted by molar-refractivity contribution is 5.57. The van der Waals surface area contributed by atoms with Crippen LogP contribution in [0.5, 0.6) is 5.75 Å². The Morgan fingerprint density at radius 3 is 2.08 bits per heavy atom. The first-order valence-corrected chi connectivity index (χ1v) is 9.21. The Labute approximate surface area is 143 Å². The van der Waals surface area contributed by atoms with Crippen LogP contribution >= 0.6 is 0 Å². The minimum atomic E-state index is 0.293. The Balaban J connectivity index is 1.53. The SMILES string of the molecule is COc1ccc(-c2nnc(C34CC5CC(CC(C5)C3)C4)n2C)cc1. The van der Waals surface area contributed by atoms with Gasteiger partial charge in [-0.2, -0.15) is 0 Å². The molecule has 0 unspecified atom stereocenters. The summed E-state index contributed by atoms with van der Waals surface area (Å²) in [5.41, 5.74) is 1.41. The summed E-state index contributed by atoms with van der Waals surface area (Å²) < 4.78 is 7.52. The second-order valence-corrected chi connectivity index (χ2v) is 8.33. The molecule has 0 N–H and O–H groups in total. The summed E-state index contributed by atoms with van der Waals surface area (Å²) in [5.74, 6) is 5.87. The highest BCUT2D eigenvalue weighted by Crippen LogP contribution is 2.60. The van der Waals surface area contributed by atoms with Gasteiger partial charge in [0.05, 0.1) is 7.11 Å². The van der Waals surface area contributed by atoms with Gasteiger partial charge >= 0.3 is 0 Å². The molecule has 0 amide bonds. The average Bonchev–Trinajstić information content (AvgIpc) is 2.96. The van der Waals surface area contributed by atoms with Crippen molar-refractivity contribution in [1.29, 1.82) is 0 Å². The van der Waals surface area contributed by atoms with Gasteiger partial charge in [-0.15, -0.1) is 10.2 Å². The molecule has 126 valence electrons. The molecule has 4 aliphatic carbocycles. The van der Waals surface area contributed by atoms with E-state index in [9.17, 15) is 0 Å². The lowest BCUT2D eigenvalue weighted by atomic mass is 9.49. The Bertz CT molecular complexity index is 726. The predicted octanol–water partition coefficient (Wildman–Crippen LogP) is 3.96. The molecule has 1 aromatic heterocycles. The van der Waals surface area contributed by atoms with E-state index in [2.05, 4.69) is 28.8 Å². The Kier molecular flexibility index (Phi) is 3.07. The minimum Gasteiger partial charge on any atom is -0.497 e. The van der Waals surface area contributed by atoms with Crippen molar-refractivity contribution < 1.29 is 4.74 Å². The van der Waals surface area contributed by atoms with Gasteiger partial charge in [-0.1, -0.05) is 0 Å². The number of hydrogen-bond acceptors (Lipinski definition) is 3. The van der Waals surface area contributed by atoms with Gasteiger partial charge in [0, 0.05) is 18.0 Å². The molecule has 4 bridgehead atoms. The summed E-state index contributed by atoms with van der Waals surface area (Å²) in [6, 6.07) is 8.14. The quantitative estimate of drug-likeness (QED) is 0.858. The van der Waals surface area contributed by atoms with Crippen molar-refractivity contribution in [3.8, 4) is 17.1 Å². The molecule has 0 radical (unpaired) electrons. The molecule has 4 fully saturated rings. The monoisotopic (exact) mass is 323 g/mol. The fraction of sp³-hybridized carbons (Fsp3) is 0.600. The Hall–Kier alpha value is -1.84. The zero-order valence-electron chi connectivity index (χ0n) is 14.5. The summed E-state index contributed by atoms with van der Waals surface area (Å²) in [7, 11) is 3.84. The highest BCUT2D eigenvalue weighted by atomic mass is 16.5. The molecule has 1 aromatic carbocycles. The third-order valence-corrected chi connectivity index (χ3v) is 6.74. The van der Waals surface area contributed by atoms with Crippen molar-refractivity contribution in [2.24, 2.45) is 24.8 Å². The first-order chi connectivity index (χ1) is 11.7. The summed E-state index contributed by atoms with van der Waals surface area (Å²) >= 11 is 0. The van der Waals surface area contributed by atoms with E-state index < -0.39 is 0 Å². The van der Waals surface area contributed by atoms with E-state index >= 15 is 0 Å². The average molecular weight is 323 g/mol. The Morgan fingerprint density at radius 2 is 1.54 bits per heavy atom. The van der Waals surface area contributed by atoms with Crippen LogP contribution in [0.15, 0.2) is 24.3 Å². The molecule has 0 aliphatic heterocycles. The third kappa shape index (κ3) is 2.04. The molecular formula is C20H25N3O. The van der Waals surface area contributed by atoms with E-state index in [4.69, 9.17) is 9.84 Å². The molecule has 4 heteroatoms. The first-order valence-electron chi connectivity index (χ1n) is 9.21. The molecule has 0 spiro atoms. The molecule has 0 atom stereocenters. The molecule has 24 heavy (non-hydrogen) atoms. The van der Waals surface area contributed by atoms with Gasteiger partial charge in [0.2, 0.25) is 0 Å². The molecule has 4 nitrogen and oxygen atoms in total. The lowest BCUT2D eigenvalue weighted by Gasteiger charge is -2.56. The van der Waals surface area contributed by atoms with Gasteiger partial charge in [-0.05, 0) is 80.5 Å². The lowest BCUT2D eigenvalue weighted by molar-refractivity contribution is -0.0107. The van der Waals surface area contributed by atoms with Crippen LogP contribution in [-0.2, 0) is 12.5 Å². The van der Waals surface area contributed by atoms with Crippen molar-refractivity contribution >= 4 is 0 Å². The van der Waals surface area contributed by atoms with Gasteiger partial charge in [0.25, 0.3) is 0 Å². The number of methoxy groups -OCH3 is 1. The molecule has 2 aromatic rings. The van der Waals surface area contributed by atoms with Crippen LogP contribution in [0.3, 0.4) is 0 Å². The van der Waals surface area contributed by atoms with Crippen LogP contribution in [0.4, 0.5) is 0 Å². The van der Waals surface area contributed by atoms with Gasteiger partial charge in [-0.3, -0.25) is 0 Å². The number of rotatable bonds is 3. The molecule has 6 rings (SSSR count). The van der Waals surface area contributed by atoms with Crippen LogP contribution in [0, 0.1) is 17.8 Å². The number of hydrogen-bond donors (Lipinski definition) is 0. The maximum Gasteiger partial charge on any atom is 0.163 e. The zero-order chi connectivity index (χ0) is 16.3. The zero-order valence-corrected chi connectivity index (χ0v) is 14.5. The molecule has 4 aliphatic rings. The molecular weight excluding hydrogens is 298 g/mol. The standard InChI is InChI=1S/C20H25N3O/c1-23-18(16-3-5-17(24-2)6-4-16)21-22-19(23)20-10-13-7-14(11-20)9-15(8-13)12-20/h3-6,13-15H,7-12H2,1-2H3. The van der Waals surface area contributed by atoms with Gasteiger partial charge < -0.3 is 9.30 Å². The highest BCUT2D eigenvalue weighted by Gasteiger charge is 2.53. The van der Waals surface area contributed by atoms with Crippen molar-refractivity contribution in [1.82, 2.24) is 14.8 Å². The summed E-state index contributed by atoms with van der Waals surface area (Å²) in [6.07, 6.45) is 8.36. The van der Waals surface area contributed by atoms with E-state index in [0.29, 0.717) is 5.41 Å². The van der Waals surface area contributed by atoms with Gasteiger partial charge in [0.15, 0.2) is 5.82 Å². The smallest absolute Gasteiger partial charge is 0.163 e. The number of aromatic nitrogens is 3. The molecule has 1 heterocycles. The van der Waals surface area contributed by atoms with E-state index in [1.807, 2.05) is 12.1 Å². The topological polar surface area (TPSA) is 39.9 Å². The first kappa shape index (κ1) is 14.5. The summed E-state index contributed by atoms with van der Waals surface area (Å²) in [5, 5.41) is 9.28. The van der Waals surface area contributed by atoms with Crippen LogP contribution in [0.2, 0.25) is 0 Å². The second-order valence-electron chi connectivity index (χ2n) is 8.33. The maximum atomic E-state index is 5.26. The number of nitrogens with zero attached hydrogens (tertiary/aromatic N) is 3. The van der Waals surface area contributed by atoms with E-state index in [1.54, 1.807) is 7.11 Å². The van der Waals surface area contributed by atoms with Crippen LogP contribution < -0.4 is 4.74 Å². The number of ether oxygens (including phenoxy) is 1. The van der Waals surface area contributed by atoms with Gasteiger partial charge in [0.1, 0.15) is 11.6 Å². The van der Waals surface area contributed by atoms with Crippen LogP contribution in [0.1, 0.15) is 44.3 Å². The van der Waals surface area contributed by atoms with Crippen molar-refractivity contribution in [3.63, 3.8) is 0 Å². The minimum absolute atomic E-state index is 0.293. The fourth-order valence-corrected chi connectivity index (χ4v) is 6.17. The Morgan fingerprint density at radius 1 is 0.958 bits per heavy atom. The summed E-state index contributed by atoms with van der Waals surface area (Å²) in [4.78, 5) is 0. The van der Waals surface area contributed by atoms with Gasteiger partial charge in [-0.25, -0.2) is 0 Å². The third-order valence-electron chi connectivity index (χ3n) is 6.74. The van der Waals surface area contributed by atoms with E-state index in [-0.39, 0.29) is 0 Å². The lowest BCUT2D eigenvalue weighted by Crippen LogP contribution is -2.49. The molecule has 0 saturated heterocycles. The summed E-state index contributed by atoms with van der Waals surface area (Å²) in [6.45, 7) is 0. The van der Waals surface area contributed by atoms with Crippen molar-refractivity contribution in [2.75, 3.05) is 7.11 Å². The van der Waals surface area contributed by atoms with E-state index in [1.165, 1.54) is 44.3 Å². The van der Waals surface area contributed by atoms with Crippen LogP contribution in [0.25, 0.3) is 11.4 Å². The largest absolute Gasteiger partial charge is 0.497 e. The van der Waals surface area contributed by atoms with E-state index in [0.717, 1.165) is 34.9 Å². The maximum absolute atomic E-state index is 5.26. The predicted molar refractivity (Wildman–Crippen MR) is 92.8 cm³/mol. The van der Waals surface area contributed by atoms with Crippen molar-refractivity contribution in [3.05, 3.63) is 30.1 Å².